The van der Waals surface area contributed by atoms with Crippen LogP contribution in [0.3, 0.4) is 0 Å². The van der Waals surface area contributed by atoms with Gasteiger partial charge in [0.25, 0.3) is 5.91 Å². The summed E-state index contributed by atoms with van der Waals surface area (Å²) in [5, 5.41) is 7.18. The highest BCUT2D eigenvalue weighted by Crippen LogP contribution is 2.48. The molecule has 1 N–H and O–H groups in total. The molecule has 3 atom stereocenters. The topological polar surface area (TPSA) is 56.1 Å². The molecule has 1 unspecified atom stereocenters. The number of rotatable bonds is 6. The molecule has 0 aliphatic heterocycles. The maximum atomic E-state index is 12.3. The monoisotopic (exact) mass is 305 g/mol. The Morgan fingerprint density at radius 1 is 1.45 bits per heavy atom. The van der Waals surface area contributed by atoms with Gasteiger partial charge in [0.05, 0.1) is 6.20 Å². The van der Waals surface area contributed by atoms with E-state index in [0.717, 1.165) is 23.9 Å². The zero-order valence-electron chi connectivity index (χ0n) is 13.6. The van der Waals surface area contributed by atoms with Crippen molar-refractivity contribution >= 4 is 5.91 Å². The smallest absolute Gasteiger partial charge is 0.253 e. The van der Waals surface area contributed by atoms with E-state index in [4.69, 9.17) is 4.74 Å². The predicted molar refractivity (Wildman–Crippen MR) is 84.1 cm³/mol. The Balaban J connectivity index is 1.46. The lowest BCUT2D eigenvalue weighted by Gasteiger charge is -2.21. The van der Waals surface area contributed by atoms with Gasteiger partial charge >= 0.3 is 0 Å². The van der Waals surface area contributed by atoms with Crippen LogP contribution in [0, 0.1) is 17.8 Å². The van der Waals surface area contributed by atoms with Crippen LogP contribution in [0.15, 0.2) is 12.4 Å². The van der Waals surface area contributed by atoms with Crippen LogP contribution in [0.2, 0.25) is 0 Å². The first-order chi connectivity index (χ1) is 10.7. The van der Waals surface area contributed by atoms with Gasteiger partial charge in [-0.1, -0.05) is 32.1 Å². The Kier molecular flexibility index (Phi) is 4.81. The van der Waals surface area contributed by atoms with Gasteiger partial charge in [-0.3, -0.25) is 9.48 Å². The molecule has 0 radical (unpaired) electrons. The van der Waals surface area contributed by atoms with E-state index >= 15 is 0 Å². The molecule has 1 aromatic heterocycles. The highest BCUT2D eigenvalue weighted by Gasteiger charge is 2.42. The molecule has 1 amide bonds. The molecule has 2 saturated carbocycles. The molecule has 2 aliphatic rings. The Morgan fingerprint density at radius 3 is 2.86 bits per heavy atom. The van der Waals surface area contributed by atoms with Crippen LogP contribution in [-0.2, 0) is 16.6 Å². The third-order valence-corrected chi connectivity index (χ3v) is 5.27. The standard InChI is InChI=1S/C17H27N3O2/c1-20-11-14(10-19-20)16(22-2)17(21)18-9-13-8-15(13)12-6-4-3-5-7-12/h10-13,15-16H,3-9H2,1-2H3,(H,18,21)/t13-,15-,16?/m0/s1. The summed E-state index contributed by atoms with van der Waals surface area (Å²) < 4.78 is 7.03. The summed E-state index contributed by atoms with van der Waals surface area (Å²) in [5.74, 6) is 2.38. The summed E-state index contributed by atoms with van der Waals surface area (Å²) in [4.78, 5) is 12.3. The first kappa shape index (κ1) is 15.5. The van der Waals surface area contributed by atoms with Gasteiger partial charge in [0.1, 0.15) is 0 Å². The molecule has 2 fully saturated rings. The lowest BCUT2D eigenvalue weighted by Crippen LogP contribution is -2.32. The maximum absolute atomic E-state index is 12.3. The van der Waals surface area contributed by atoms with Crippen molar-refractivity contribution in [3.63, 3.8) is 0 Å². The Morgan fingerprint density at radius 2 is 2.23 bits per heavy atom. The predicted octanol–water partition coefficient (Wildman–Crippen LogP) is 2.44. The number of hydrogen-bond donors (Lipinski definition) is 1. The first-order valence-corrected chi connectivity index (χ1v) is 8.48. The molecule has 0 aromatic carbocycles. The molecule has 0 bridgehead atoms. The molecular formula is C17H27N3O2. The summed E-state index contributed by atoms with van der Waals surface area (Å²) >= 11 is 0. The van der Waals surface area contributed by atoms with Crippen molar-refractivity contribution < 1.29 is 9.53 Å². The molecule has 0 spiro atoms. The van der Waals surface area contributed by atoms with Crippen LogP contribution in [0.4, 0.5) is 0 Å². The highest BCUT2D eigenvalue weighted by atomic mass is 16.5. The molecular weight excluding hydrogens is 278 g/mol. The van der Waals surface area contributed by atoms with Gasteiger partial charge < -0.3 is 10.1 Å². The minimum atomic E-state index is -0.555. The first-order valence-electron chi connectivity index (χ1n) is 8.48. The number of nitrogens with one attached hydrogen (secondary N) is 1. The van der Waals surface area contributed by atoms with Crippen molar-refractivity contribution in [1.29, 1.82) is 0 Å². The number of aryl methyl sites for hydroxylation is 1. The van der Waals surface area contributed by atoms with E-state index in [-0.39, 0.29) is 5.91 Å². The third kappa shape index (κ3) is 3.51. The van der Waals surface area contributed by atoms with Crippen molar-refractivity contribution in [2.45, 2.75) is 44.6 Å². The SMILES string of the molecule is COC(C(=O)NC[C@@H]1C[C@H]1C1CCCCC1)c1cnn(C)c1. The maximum Gasteiger partial charge on any atom is 0.253 e. The van der Waals surface area contributed by atoms with Crippen molar-refractivity contribution in [2.24, 2.45) is 24.8 Å². The van der Waals surface area contributed by atoms with E-state index in [0.29, 0.717) is 5.92 Å². The average molecular weight is 305 g/mol. The van der Waals surface area contributed by atoms with E-state index < -0.39 is 6.10 Å². The Labute approximate surface area is 132 Å². The highest BCUT2D eigenvalue weighted by molar-refractivity contribution is 5.82. The number of carbonyl (C=O) groups excluding carboxylic acids is 1. The van der Waals surface area contributed by atoms with Gasteiger partial charge in [0, 0.05) is 32.5 Å². The van der Waals surface area contributed by atoms with E-state index in [1.54, 1.807) is 18.0 Å². The zero-order chi connectivity index (χ0) is 15.5. The van der Waals surface area contributed by atoms with Gasteiger partial charge in [-0.2, -0.15) is 5.10 Å². The van der Waals surface area contributed by atoms with Crippen LogP contribution < -0.4 is 5.32 Å². The summed E-state index contributed by atoms with van der Waals surface area (Å²) in [6, 6.07) is 0. The number of carbonyl (C=O) groups is 1. The van der Waals surface area contributed by atoms with E-state index in [9.17, 15) is 4.79 Å². The molecule has 2 aliphatic carbocycles. The van der Waals surface area contributed by atoms with Gasteiger partial charge in [0.15, 0.2) is 6.10 Å². The van der Waals surface area contributed by atoms with Crippen molar-refractivity contribution in [1.82, 2.24) is 15.1 Å². The summed E-state index contributed by atoms with van der Waals surface area (Å²) in [5.41, 5.74) is 0.808. The molecule has 5 heteroatoms. The number of aromatic nitrogens is 2. The largest absolute Gasteiger partial charge is 0.367 e. The summed E-state index contributed by atoms with van der Waals surface area (Å²) in [7, 11) is 3.41. The number of ether oxygens (including phenoxy) is 1. The van der Waals surface area contributed by atoms with Crippen LogP contribution in [0.5, 0.6) is 0 Å². The summed E-state index contributed by atoms with van der Waals surface area (Å²) in [6.45, 7) is 0.792. The van der Waals surface area contributed by atoms with E-state index in [1.165, 1.54) is 38.5 Å². The normalized spacial score (nSPS) is 26.6. The fourth-order valence-electron chi connectivity index (χ4n) is 3.94. The Bertz CT molecular complexity index is 508. The lowest BCUT2D eigenvalue weighted by atomic mass is 9.85. The average Bonchev–Trinajstić information content (AvgIpc) is 3.20. The van der Waals surface area contributed by atoms with E-state index in [2.05, 4.69) is 10.4 Å². The second-order valence-corrected chi connectivity index (χ2v) is 6.87. The molecule has 1 aromatic rings. The van der Waals surface area contributed by atoms with Crippen LogP contribution in [-0.4, -0.2) is 29.3 Å². The minimum absolute atomic E-state index is 0.0511. The minimum Gasteiger partial charge on any atom is -0.367 e. The second-order valence-electron chi connectivity index (χ2n) is 6.87. The third-order valence-electron chi connectivity index (χ3n) is 5.27. The van der Waals surface area contributed by atoms with Gasteiger partial charge in [-0.05, 0) is 24.2 Å². The van der Waals surface area contributed by atoms with Gasteiger partial charge in [-0.25, -0.2) is 0 Å². The van der Waals surface area contributed by atoms with Crippen LogP contribution >= 0.6 is 0 Å². The van der Waals surface area contributed by atoms with Crippen LogP contribution in [0.1, 0.15) is 50.2 Å². The Hall–Kier alpha value is -1.36. The second kappa shape index (κ2) is 6.82. The zero-order valence-corrected chi connectivity index (χ0v) is 13.6. The molecule has 122 valence electrons. The summed E-state index contributed by atoms with van der Waals surface area (Å²) in [6.07, 6.45) is 11.2. The van der Waals surface area contributed by atoms with Crippen molar-refractivity contribution in [2.75, 3.05) is 13.7 Å². The number of hydrogen-bond acceptors (Lipinski definition) is 3. The molecule has 22 heavy (non-hydrogen) atoms. The van der Waals surface area contributed by atoms with E-state index in [1.807, 2.05) is 13.2 Å². The molecule has 0 saturated heterocycles. The van der Waals surface area contributed by atoms with Crippen molar-refractivity contribution in [3.8, 4) is 0 Å². The number of amides is 1. The molecule has 3 rings (SSSR count). The van der Waals surface area contributed by atoms with Gasteiger partial charge in [0.2, 0.25) is 0 Å². The fourth-order valence-corrected chi connectivity index (χ4v) is 3.94. The number of methoxy groups -OCH3 is 1. The fraction of sp³-hybridized carbons (Fsp3) is 0.765. The lowest BCUT2D eigenvalue weighted by molar-refractivity contribution is -0.131. The van der Waals surface area contributed by atoms with Gasteiger partial charge in [-0.15, -0.1) is 0 Å². The van der Waals surface area contributed by atoms with Crippen molar-refractivity contribution in [3.05, 3.63) is 18.0 Å². The molecule has 1 heterocycles. The number of nitrogens with zero attached hydrogens (tertiary/aromatic N) is 2. The molecule has 5 nitrogen and oxygen atoms in total. The quantitative estimate of drug-likeness (QED) is 0.878. The van der Waals surface area contributed by atoms with Crippen LogP contribution in [0.25, 0.3) is 0 Å².